The quantitative estimate of drug-likeness (QED) is 0.644. The highest BCUT2D eigenvalue weighted by Gasteiger charge is 2.31. The minimum atomic E-state index is -0.897. The van der Waals surface area contributed by atoms with Crippen LogP contribution in [0.5, 0.6) is 0 Å². The van der Waals surface area contributed by atoms with Gasteiger partial charge in [0.2, 0.25) is 5.91 Å². The molecule has 112 valence electrons. The van der Waals surface area contributed by atoms with Crippen molar-refractivity contribution >= 4 is 5.91 Å². The maximum absolute atomic E-state index is 12.2. The fourth-order valence-electron chi connectivity index (χ4n) is 2.98. The monoisotopic (exact) mass is 271 g/mol. The van der Waals surface area contributed by atoms with Gasteiger partial charge in [-0.15, -0.1) is 0 Å². The van der Waals surface area contributed by atoms with Crippen LogP contribution in [0.4, 0.5) is 0 Å². The highest BCUT2D eigenvalue weighted by molar-refractivity contribution is 5.79. The lowest BCUT2D eigenvalue weighted by molar-refractivity contribution is -0.128. The summed E-state index contributed by atoms with van der Waals surface area (Å²) >= 11 is 0. The van der Waals surface area contributed by atoms with E-state index in [0.29, 0.717) is 19.0 Å². The SMILES string of the molecule is CN(C)CC(C)(O)CNC(=O)C1CCCCC1CN. The zero-order valence-electron chi connectivity index (χ0n) is 12.5. The van der Waals surface area contributed by atoms with Gasteiger partial charge in [-0.05, 0) is 46.3 Å². The van der Waals surface area contributed by atoms with Gasteiger partial charge >= 0.3 is 0 Å². The van der Waals surface area contributed by atoms with E-state index in [9.17, 15) is 9.90 Å². The lowest BCUT2D eigenvalue weighted by atomic mass is 9.78. The number of hydrogen-bond acceptors (Lipinski definition) is 4. The van der Waals surface area contributed by atoms with E-state index in [0.717, 1.165) is 19.3 Å². The molecular formula is C14H29N3O2. The summed E-state index contributed by atoms with van der Waals surface area (Å²) in [6, 6.07) is 0. The Bertz CT molecular complexity index is 292. The van der Waals surface area contributed by atoms with Crippen LogP contribution in [0.1, 0.15) is 32.6 Å². The summed E-state index contributed by atoms with van der Waals surface area (Å²) in [4.78, 5) is 14.1. The third-order valence-corrected chi connectivity index (χ3v) is 3.85. The van der Waals surface area contributed by atoms with Gasteiger partial charge < -0.3 is 21.1 Å². The van der Waals surface area contributed by atoms with Crippen LogP contribution in [-0.2, 0) is 4.79 Å². The highest BCUT2D eigenvalue weighted by Crippen LogP contribution is 2.29. The Morgan fingerprint density at radius 1 is 1.42 bits per heavy atom. The number of nitrogens with zero attached hydrogens (tertiary/aromatic N) is 1. The molecule has 0 spiro atoms. The van der Waals surface area contributed by atoms with Gasteiger partial charge in [0.1, 0.15) is 0 Å². The predicted octanol–water partition coefficient (Wildman–Crippen LogP) is 0.180. The highest BCUT2D eigenvalue weighted by atomic mass is 16.3. The van der Waals surface area contributed by atoms with E-state index in [4.69, 9.17) is 5.73 Å². The van der Waals surface area contributed by atoms with Crippen molar-refractivity contribution in [2.24, 2.45) is 17.6 Å². The molecule has 0 heterocycles. The molecular weight excluding hydrogens is 242 g/mol. The molecule has 0 aromatic rings. The topological polar surface area (TPSA) is 78.6 Å². The van der Waals surface area contributed by atoms with Crippen LogP contribution in [0.15, 0.2) is 0 Å². The number of nitrogens with one attached hydrogen (secondary N) is 1. The molecule has 5 heteroatoms. The second kappa shape index (κ2) is 7.22. The molecule has 0 saturated heterocycles. The average molecular weight is 271 g/mol. The van der Waals surface area contributed by atoms with E-state index in [-0.39, 0.29) is 18.4 Å². The first kappa shape index (κ1) is 16.4. The zero-order chi connectivity index (χ0) is 14.5. The largest absolute Gasteiger partial charge is 0.387 e. The number of rotatable bonds is 6. The molecule has 5 nitrogen and oxygen atoms in total. The number of hydrogen-bond donors (Lipinski definition) is 3. The number of likely N-dealkylation sites (N-methyl/N-ethyl adjacent to an activating group) is 1. The van der Waals surface area contributed by atoms with E-state index >= 15 is 0 Å². The summed E-state index contributed by atoms with van der Waals surface area (Å²) in [7, 11) is 3.81. The van der Waals surface area contributed by atoms with Crippen molar-refractivity contribution in [2.45, 2.75) is 38.2 Å². The number of carbonyl (C=O) groups is 1. The minimum Gasteiger partial charge on any atom is -0.387 e. The molecule has 1 saturated carbocycles. The second-order valence-corrected chi connectivity index (χ2v) is 6.34. The van der Waals surface area contributed by atoms with Crippen LogP contribution in [0.2, 0.25) is 0 Å². The van der Waals surface area contributed by atoms with Gasteiger partial charge in [0, 0.05) is 19.0 Å². The molecule has 1 aliphatic rings. The molecule has 0 radical (unpaired) electrons. The molecule has 4 N–H and O–H groups in total. The second-order valence-electron chi connectivity index (χ2n) is 6.34. The van der Waals surface area contributed by atoms with Gasteiger partial charge in [-0.25, -0.2) is 0 Å². The number of carbonyl (C=O) groups excluding carboxylic acids is 1. The normalized spacial score (nSPS) is 27.1. The lowest BCUT2D eigenvalue weighted by Crippen LogP contribution is -2.49. The first-order valence-corrected chi connectivity index (χ1v) is 7.20. The van der Waals surface area contributed by atoms with Crippen LogP contribution in [-0.4, -0.2) is 55.2 Å². The Morgan fingerprint density at radius 2 is 2.05 bits per heavy atom. The third-order valence-electron chi connectivity index (χ3n) is 3.85. The molecule has 1 amide bonds. The zero-order valence-corrected chi connectivity index (χ0v) is 12.5. The number of nitrogens with two attached hydrogens (primary N) is 1. The average Bonchev–Trinajstić information content (AvgIpc) is 2.34. The van der Waals surface area contributed by atoms with Crippen molar-refractivity contribution in [3.8, 4) is 0 Å². The van der Waals surface area contributed by atoms with Crippen molar-refractivity contribution in [3.05, 3.63) is 0 Å². The Morgan fingerprint density at radius 3 is 2.63 bits per heavy atom. The van der Waals surface area contributed by atoms with E-state index in [1.165, 1.54) is 6.42 Å². The van der Waals surface area contributed by atoms with Crippen LogP contribution in [0.3, 0.4) is 0 Å². The van der Waals surface area contributed by atoms with Gasteiger partial charge in [0.05, 0.1) is 5.60 Å². The van der Waals surface area contributed by atoms with Crippen LogP contribution >= 0.6 is 0 Å². The first-order valence-electron chi connectivity index (χ1n) is 7.20. The first-order chi connectivity index (χ1) is 8.85. The molecule has 3 atom stereocenters. The standard InChI is InChI=1S/C14H29N3O2/c1-14(19,10-17(2)3)9-16-13(18)12-7-5-4-6-11(12)8-15/h11-12,19H,4-10,15H2,1-3H3,(H,16,18). The number of amides is 1. The molecule has 1 fully saturated rings. The molecule has 0 aromatic heterocycles. The summed E-state index contributed by atoms with van der Waals surface area (Å²) < 4.78 is 0. The van der Waals surface area contributed by atoms with E-state index in [2.05, 4.69) is 5.32 Å². The van der Waals surface area contributed by atoms with E-state index in [1.54, 1.807) is 6.92 Å². The smallest absolute Gasteiger partial charge is 0.223 e. The fraction of sp³-hybridized carbons (Fsp3) is 0.929. The van der Waals surface area contributed by atoms with Crippen molar-refractivity contribution in [3.63, 3.8) is 0 Å². The molecule has 1 aliphatic carbocycles. The maximum Gasteiger partial charge on any atom is 0.223 e. The predicted molar refractivity (Wildman–Crippen MR) is 76.7 cm³/mol. The summed E-state index contributed by atoms with van der Waals surface area (Å²) in [6.07, 6.45) is 4.23. The van der Waals surface area contributed by atoms with Crippen molar-refractivity contribution in [1.29, 1.82) is 0 Å². The maximum atomic E-state index is 12.2. The van der Waals surface area contributed by atoms with Crippen LogP contribution in [0.25, 0.3) is 0 Å². The van der Waals surface area contributed by atoms with E-state index < -0.39 is 5.60 Å². The Kier molecular flexibility index (Phi) is 6.23. The summed E-state index contributed by atoms with van der Waals surface area (Å²) in [6.45, 7) is 3.14. The van der Waals surface area contributed by atoms with Gasteiger partial charge in [-0.2, -0.15) is 0 Å². The van der Waals surface area contributed by atoms with Crippen molar-refractivity contribution < 1.29 is 9.90 Å². The molecule has 0 bridgehead atoms. The van der Waals surface area contributed by atoms with Gasteiger partial charge in [0.15, 0.2) is 0 Å². The molecule has 0 aromatic carbocycles. The Hall–Kier alpha value is -0.650. The van der Waals surface area contributed by atoms with E-state index in [1.807, 2.05) is 19.0 Å². The Labute approximate surface area is 116 Å². The summed E-state index contributed by atoms with van der Waals surface area (Å²) in [5.41, 5.74) is 4.85. The van der Waals surface area contributed by atoms with Crippen LogP contribution in [0, 0.1) is 11.8 Å². The van der Waals surface area contributed by atoms with Gasteiger partial charge in [-0.3, -0.25) is 4.79 Å². The van der Waals surface area contributed by atoms with Crippen molar-refractivity contribution in [1.82, 2.24) is 10.2 Å². The third kappa shape index (κ3) is 5.47. The molecule has 19 heavy (non-hydrogen) atoms. The van der Waals surface area contributed by atoms with Crippen molar-refractivity contribution in [2.75, 3.05) is 33.7 Å². The molecule has 1 rings (SSSR count). The molecule has 3 unspecified atom stereocenters. The van der Waals surface area contributed by atoms with Gasteiger partial charge in [-0.1, -0.05) is 12.8 Å². The lowest BCUT2D eigenvalue weighted by Gasteiger charge is -2.32. The van der Waals surface area contributed by atoms with Crippen LogP contribution < -0.4 is 11.1 Å². The molecule has 0 aliphatic heterocycles. The van der Waals surface area contributed by atoms with Gasteiger partial charge in [0.25, 0.3) is 0 Å². The minimum absolute atomic E-state index is 0.0221. The summed E-state index contributed by atoms with van der Waals surface area (Å²) in [5.74, 6) is 0.371. The Balaban J connectivity index is 2.45. The fourth-order valence-corrected chi connectivity index (χ4v) is 2.98. The summed E-state index contributed by atoms with van der Waals surface area (Å²) in [5, 5.41) is 13.1. The number of aliphatic hydroxyl groups is 1.